The number of primary amides is 1. The van der Waals surface area contributed by atoms with E-state index in [1.54, 1.807) is 37.3 Å². The Balaban J connectivity index is 2.00. The van der Waals surface area contributed by atoms with Crippen molar-refractivity contribution in [3.05, 3.63) is 65.5 Å². The van der Waals surface area contributed by atoms with Gasteiger partial charge in [-0.05, 0) is 30.2 Å². The Bertz CT molecular complexity index is 811. The lowest BCUT2D eigenvalue weighted by Crippen LogP contribution is -2.17. The van der Waals surface area contributed by atoms with Gasteiger partial charge in [0, 0.05) is 0 Å². The summed E-state index contributed by atoms with van der Waals surface area (Å²) in [6.07, 6.45) is -0.559. The van der Waals surface area contributed by atoms with Crippen LogP contribution in [0.2, 0.25) is 0 Å². The molecular formula is C18H18FN3O4. The van der Waals surface area contributed by atoms with Gasteiger partial charge in [-0.15, -0.1) is 0 Å². The van der Waals surface area contributed by atoms with Crippen LogP contribution >= 0.6 is 0 Å². The van der Waals surface area contributed by atoms with Crippen LogP contribution in [-0.2, 0) is 21.0 Å². The topological polar surface area (TPSA) is 103 Å². The average Bonchev–Trinajstić information content (AvgIpc) is 2.61. The predicted molar refractivity (Wildman–Crippen MR) is 93.8 cm³/mol. The SMILES string of the molecule is CC(OC(=O)Nc1ccccc1F)c1ccccc1CON=CC(N)=O. The summed E-state index contributed by atoms with van der Waals surface area (Å²) in [5, 5.41) is 5.78. The van der Waals surface area contributed by atoms with Gasteiger partial charge in [-0.1, -0.05) is 41.6 Å². The largest absolute Gasteiger partial charge is 0.441 e. The second-order valence-corrected chi connectivity index (χ2v) is 5.26. The number of para-hydroxylation sites is 1. The van der Waals surface area contributed by atoms with E-state index in [0.717, 1.165) is 6.21 Å². The number of nitrogens with zero attached hydrogens (tertiary/aromatic N) is 1. The predicted octanol–water partition coefficient (Wildman–Crippen LogP) is 3.12. The number of hydrogen-bond acceptors (Lipinski definition) is 5. The van der Waals surface area contributed by atoms with Crippen molar-refractivity contribution in [2.45, 2.75) is 19.6 Å². The summed E-state index contributed by atoms with van der Waals surface area (Å²) in [7, 11) is 0. The fraction of sp³-hybridized carbons (Fsp3) is 0.167. The Morgan fingerprint density at radius 3 is 2.65 bits per heavy atom. The van der Waals surface area contributed by atoms with Gasteiger partial charge >= 0.3 is 6.09 Å². The first-order valence-corrected chi connectivity index (χ1v) is 7.72. The van der Waals surface area contributed by atoms with Crippen LogP contribution in [0.15, 0.2) is 53.7 Å². The Morgan fingerprint density at radius 2 is 1.92 bits per heavy atom. The normalized spacial score (nSPS) is 11.8. The van der Waals surface area contributed by atoms with Crippen LogP contribution in [0.5, 0.6) is 0 Å². The van der Waals surface area contributed by atoms with Gasteiger partial charge in [0.1, 0.15) is 24.7 Å². The van der Waals surface area contributed by atoms with Crippen molar-refractivity contribution in [1.82, 2.24) is 0 Å². The summed E-state index contributed by atoms with van der Waals surface area (Å²) in [4.78, 5) is 27.6. The van der Waals surface area contributed by atoms with Crippen molar-refractivity contribution in [2.75, 3.05) is 5.32 Å². The molecule has 0 spiro atoms. The second kappa shape index (κ2) is 9.16. The summed E-state index contributed by atoms with van der Waals surface area (Å²) >= 11 is 0. The molecule has 2 aromatic rings. The fourth-order valence-corrected chi connectivity index (χ4v) is 2.18. The van der Waals surface area contributed by atoms with Crippen LogP contribution in [0.25, 0.3) is 0 Å². The summed E-state index contributed by atoms with van der Waals surface area (Å²) in [5.74, 6) is -1.28. The van der Waals surface area contributed by atoms with Crippen molar-refractivity contribution in [1.29, 1.82) is 0 Å². The first kappa shape index (κ1) is 18.9. The molecule has 0 heterocycles. The number of anilines is 1. The van der Waals surface area contributed by atoms with Gasteiger partial charge in [0.2, 0.25) is 0 Å². The van der Waals surface area contributed by atoms with Crippen LogP contribution in [0.1, 0.15) is 24.2 Å². The Morgan fingerprint density at radius 1 is 1.23 bits per heavy atom. The number of halogens is 1. The maximum atomic E-state index is 13.6. The number of oxime groups is 1. The van der Waals surface area contributed by atoms with Gasteiger partial charge in [-0.2, -0.15) is 0 Å². The number of nitrogens with one attached hydrogen (secondary N) is 1. The van der Waals surface area contributed by atoms with E-state index in [-0.39, 0.29) is 12.3 Å². The minimum Gasteiger partial charge on any atom is -0.441 e. The van der Waals surface area contributed by atoms with Crippen LogP contribution in [0, 0.1) is 5.82 Å². The molecule has 2 aromatic carbocycles. The number of hydrogen-bond donors (Lipinski definition) is 2. The smallest absolute Gasteiger partial charge is 0.412 e. The van der Waals surface area contributed by atoms with Crippen LogP contribution in [0.4, 0.5) is 14.9 Å². The molecule has 8 heteroatoms. The zero-order valence-electron chi connectivity index (χ0n) is 14.0. The molecule has 0 aliphatic heterocycles. The molecule has 1 unspecified atom stereocenters. The quantitative estimate of drug-likeness (QED) is 0.585. The Labute approximate surface area is 149 Å². The molecule has 7 nitrogen and oxygen atoms in total. The van der Waals surface area contributed by atoms with Crippen molar-refractivity contribution >= 4 is 23.9 Å². The van der Waals surface area contributed by atoms with E-state index in [0.29, 0.717) is 11.1 Å². The highest BCUT2D eigenvalue weighted by molar-refractivity contribution is 6.25. The minimum absolute atomic E-state index is 0.0297. The molecule has 0 radical (unpaired) electrons. The van der Waals surface area contributed by atoms with E-state index >= 15 is 0 Å². The second-order valence-electron chi connectivity index (χ2n) is 5.26. The van der Waals surface area contributed by atoms with E-state index in [9.17, 15) is 14.0 Å². The number of rotatable bonds is 7. The Hall–Kier alpha value is -3.42. The maximum Gasteiger partial charge on any atom is 0.412 e. The van der Waals surface area contributed by atoms with Crippen molar-refractivity contribution in [3.8, 4) is 0 Å². The first-order chi connectivity index (χ1) is 12.5. The zero-order chi connectivity index (χ0) is 18.9. The summed E-state index contributed by atoms with van der Waals surface area (Å²) in [6, 6.07) is 12.9. The van der Waals surface area contributed by atoms with Crippen LogP contribution in [0.3, 0.4) is 0 Å². The number of carbonyl (C=O) groups excluding carboxylic acids is 2. The van der Waals surface area contributed by atoms with E-state index < -0.39 is 23.9 Å². The molecule has 0 aliphatic rings. The highest BCUT2D eigenvalue weighted by Gasteiger charge is 2.16. The van der Waals surface area contributed by atoms with E-state index in [1.807, 2.05) is 0 Å². The molecule has 0 aliphatic carbocycles. The number of carbonyl (C=O) groups is 2. The molecule has 136 valence electrons. The van der Waals surface area contributed by atoms with E-state index in [2.05, 4.69) is 10.5 Å². The molecule has 2 rings (SSSR count). The molecule has 26 heavy (non-hydrogen) atoms. The average molecular weight is 359 g/mol. The lowest BCUT2D eigenvalue weighted by atomic mass is 10.0. The molecule has 0 aromatic heterocycles. The summed E-state index contributed by atoms with van der Waals surface area (Å²) < 4.78 is 18.9. The molecule has 0 fully saturated rings. The molecule has 0 saturated heterocycles. The highest BCUT2D eigenvalue weighted by Crippen LogP contribution is 2.23. The lowest BCUT2D eigenvalue weighted by molar-refractivity contribution is -0.111. The van der Waals surface area contributed by atoms with Crippen molar-refractivity contribution in [2.24, 2.45) is 10.9 Å². The third kappa shape index (κ3) is 5.59. The van der Waals surface area contributed by atoms with Crippen molar-refractivity contribution < 1.29 is 23.6 Å². The number of amides is 2. The fourth-order valence-electron chi connectivity index (χ4n) is 2.18. The zero-order valence-corrected chi connectivity index (χ0v) is 14.0. The molecule has 1 atom stereocenters. The summed E-state index contributed by atoms with van der Waals surface area (Å²) in [5.41, 5.74) is 6.34. The van der Waals surface area contributed by atoms with Gasteiger partial charge in [-0.3, -0.25) is 10.1 Å². The molecule has 0 bridgehead atoms. The van der Waals surface area contributed by atoms with Gasteiger partial charge < -0.3 is 15.3 Å². The maximum absolute atomic E-state index is 13.6. The molecular weight excluding hydrogens is 341 g/mol. The Kier molecular flexibility index (Phi) is 6.67. The van der Waals surface area contributed by atoms with E-state index in [4.69, 9.17) is 15.3 Å². The summed E-state index contributed by atoms with van der Waals surface area (Å²) in [6.45, 7) is 1.73. The minimum atomic E-state index is -0.787. The van der Waals surface area contributed by atoms with Crippen molar-refractivity contribution in [3.63, 3.8) is 0 Å². The lowest BCUT2D eigenvalue weighted by Gasteiger charge is -2.17. The standard InChI is InChI=1S/C18H18FN3O4/c1-12(26-18(24)22-16-9-5-4-8-15(16)19)14-7-3-2-6-13(14)11-25-21-10-17(20)23/h2-10,12H,11H2,1H3,(H2,20,23)(H,22,24). The molecule has 2 amide bonds. The van der Waals surface area contributed by atoms with E-state index in [1.165, 1.54) is 18.2 Å². The number of nitrogens with two attached hydrogens (primary N) is 1. The van der Waals surface area contributed by atoms with Crippen LogP contribution < -0.4 is 11.1 Å². The van der Waals surface area contributed by atoms with Gasteiger partial charge in [0.05, 0.1) is 5.69 Å². The number of ether oxygens (including phenoxy) is 1. The van der Waals surface area contributed by atoms with Gasteiger partial charge in [0.25, 0.3) is 5.91 Å². The third-order valence-electron chi connectivity index (χ3n) is 3.36. The first-order valence-electron chi connectivity index (χ1n) is 7.72. The monoisotopic (exact) mass is 359 g/mol. The molecule has 0 saturated carbocycles. The van der Waals surface area contributed by atoms with Gasteiger partial charge in [0.15, 0.2) is 0 Å². The van der Waals surface area contributed by atoms with Crippen LogP contribution in [-0.4, -0.2) is 18.2 Å². The highest BCUT2D eigenvalue weighted by atomic mass is 19.1. The molecule has 3 N–H and O–H groups in total. The third-order valence-corrected chi connectivity index (χ3v) is 3.36. The van der Waals surface area contributed by atoms with Gasteiger partial charge in [-0.25, -0.2) is 9.18 Å². The number of benzene rings is 2.